The van der Waals surface area contributed by atoms with Gasteiger partial charge in [0, 0.05) is 6.07 Å². The van der Waals surface area contributed by atoms with Crippen LogP contribution < -0.4 is 0 Å². The topological polar surface area (TPSA) is 40.9 Å². The van der Waals surface area contributed by atoms with Gasteiger partial charge in [0.15, 0.2) is 0 Å². The summed E-state index contributed by atoms with van der Waals surface area (Å²) in [6.45, 7) is 0. The van der Waals surface area contributed by atoms with Crippen molar-refractivity contribution in [3.8, 4) is 6.07 Å². The second kappa shape index (κ2) is 8.85. The minimum atomic E-state index is -0.111. The first kappa shape index (κ1) is 9.28. The van der Waals surface area contributed by atoms with Crippen LogP contribution in [0.3, 0.4) is 0 Å². The van der Waals surface area contributed by atoms with Crippen LogP contribution >= 0.6 is 0 Å². The number of rotatable bonds is 1. The number of hydrogen-bond donors (Lipinski definition) is 0. The molecule has 0 radical (unpaired) electrons. The van der Waals surface area contributed by atoms with Crippen LogP contribution in [0.4, 0.5) is 0 Å². The summed E-state index contributed by atoms with van der Waals surface area (Å²) in [6, 6.07) is 1.59. The fourth-order valence-electron chi connectivity index (χ4n) is 0.0323. The maximum absolute atomic E-state index is 9.06. The van der Waals surface area contributed by atoms with Crippen molar-refractivity contribution in [3.63, 3.8) is 0 Å². The van der Waals surface area contributed by atoms with Crippen LogP contribution in [0.15, 0.2) is 0 Å². The Morgan fingerprint density at radius 2 is 2.33 bits per heavy atom. The van der Waals surface area contributed by atoms with Crippen LogP contribution in [0, 0.1) is 11.3 Å². The summed E-state index contributed by atoms with van der Waals surface area (Å²) in [5.41, 5.74) is 0. The molecule has 0 N–H and O–H groups in total. The second-order valence-electron chi connectivity index (χ2n) is 0.479. The Hall–Kier alpha value is -0.152. The monoisotopic (exact) mass is 252 g/mol. The van der Waals surface area contributed by atoms with E-state index in [1.807, 2.05) is 0 Å². The molecule has 0 aliphatic heterocycles. The molecule has 0 spiro atoms. The standard InChI is InChI=1S/C3H2NO.W/c4-2-1-3-5;/h1H2;/q-1;+2. The van der Waals surface area contributed by atoms with Gasteiger partial charge < -0.3 is 4.79 Å². The summed E-state index contributed by atoms with van der Waals surface area (Å²) >= 11 is 0. The van der Waals surface area contributed by atoms with E-state index in [0.29, 0.717) is 0 Å². The number of nitrogens with zero attached hydrogens (tertiary/aromatic N) is 1. The maximum atomic E-state index is 9.06. The summed E-state index contributed by atoms with van der Waals surface area (Å²) in [4.78, 5) is 9.06. The predicted octanol–water partition coefficient (Wildman–Crippen LogP) is 0.00728. The summed E-state index contributed by atoms with van der Waals surface area (Å²) < 4.78 is 0. The molecule has 0 aromatic carbocycles. The Bertz CT molecular complexity index is 65.7. The first-order chi connectivity index (χ1) is 2.41. The molecular weight excluding hydrogens is 250 g/mol. The van der Waals surface area contributed by atoms with Gasteiger partial charge in [0.2, 0.25) is 0 Å². The molecule has 0 aromatic rings. The van der Waals surface area contributed by atoms with Crippen molar-refractivity contribution in [2.24, 2.45) is 0 Å². The molecule has 0 saturated heterocycles. The molecule has 0 aliphatic carbocycles. The van der Waals surface area contributed by atoms with Crippen molar-refractivity contribution in [2.45, 2.75) is 6.42 Å². The van der Waals surface area contributed by atoms with E-state index < -0.39 is 0 Å². The van der Waals surface area contributed by atoms with Gasteiger partial charge in [0.05, 0.1) is 0 Å². The Labute approximate surface area is 50.4 Å². The molecule has 0 amide bonds. The van der Waals surface area contributed by atoms with Crippen LogP contribution in [0.5, 0.6) is 0 Å². The van der Waals surface area contributed by atoms with Crippen LogP contribution in [0.25, 0.3) is 0 Å². The summed E-state index contributed by atoms with van der Waals surface area (Å²) in [6.07, 6.45) is 1.30. The zero-order chi connectivity index (χ0) is 4.12. The first-order valence-electron chi connectivity index (χ1n) is 1.13. The van der Waals surface area contributed by atoms with Gasteiger partial charge in [-0.2, -0.15) is 0 Å². The van der Waals surface area contributed by atoms with Gasteiger partial charge in [-0.05, 0) is 0 Å². The molecule has 3 heteroatoms. The minimum Gasteiger partial charge on any atom is -0.541 e. The molecule has 0 bridgehead atoms. The number of hydrogen-bond acceptors (Lipinski definition) is 2. The summed E-state index contributed by atoms with van der Waals surface area (Å²) in [5, 5.41) is 7.55. The van der Waals surface area contributed by atoms with Gasteiger partial charge in [0.1, 0.15) is 0 Å². The van der Waals surface area contributed by atoms with Gasteiger partial charge in [-0.1, -0.05) is 6.42 Å². The van der Waals surface area contributed by atoms with Gasteiger partial charge in [-0.25, -0.2) is 5.26 Å². The zero-order valence-electron chi connectivity index (χ0n) is 2.97. The maximum Gasteiger partial charge on any atom is 2.00 e. The third kappa shape index (κ3) is 9.14. The smallest absolute Gasteiger partial charge is 0.541 e. The third-order valence-corrected chi connectivity index (χ3v) is 0.151. The van der Waals surface area contributed by atoms with Crippen molar-refractivity contribution < 1.29 is 25.9 Å². The molecule has 0 atom stereocenters. The molecule has 0 heterocycles. The van der Waals surface area contributed by atoms with Gasteiger partial charge >= 0.3 is 21.1 Å². The molecule has 0 rings (SSSR count). The fourth-order valence-corrected chi connectivity index (χ4v) is 0.0323. The van der Waals surface area contributed by atoms with E-state index in [-0.39, 0.29) is 27.5 Å². The van der Waals surface area contributed by atoms with E-state index in [4.69, 9.17) is 10.1 Å². The predicted molar refractivity (Wildman–Crippen MR) is 15.9 cm³/mol. The molecule has 0 aliphatic rings. The molecule has 30 valence electrons. The Balaban J connectivity index is 0. The Morgan fingerprint density at radius 1 is 1.83 bits per heavy atom. The van der Waals surface area contributed by atoms with Crippen LogP contribution in [-0.4, -0.2) is 6.29 Å². The van der Waals surface area contributed by atoms with E-state index in [0.717, 1.165) is 0 Å². The molecule has 0 saturated carbocycles. The van der Waals surface area contributed by atoms with Crippen molar-refractivity contribution in [2.75, 3.05) is 0 Å². The average Bonchev–Trinajstić information content (AvgIpc) is 1.41. The minimum absolute atomic E-state index is 0. The molecule has 0 unspecified atom stereocenters. The van der Waals surface area contributed by atoms with E-state index in [1.54, 1.807) is 6.07 Å². The average molecular weight is 252 g/mol. The Kier molecular flexibility index (Phi) is 13.7. The molecule has 2 nitrogen and oxygen atoms in total. The van der Waals surface area contributed by atoms with E-state index in [1.165, 1.54) is 6.29 Å². The van der Waals surface area contributed by atoms with Crippen molar-refractivity contribution in [1.82, 2.24) is 0 Å². The normalized spacial score (nSPS) is 4.50. The summed E-state index contributed by atoms with van der Waals surface area (Å²) in [5.74, 6) is 0. The van der Waals surface area contributed by atoms with E-state index in [2.05, 4.69) is 0 Å². The molecular formula is C3H2NOW+. The SMILES string of the molecule is N#CC[C-]=O.[W+2]. The summed E-state index contributed by atoms with van der Waals surface area (Å²) in [7, 11) is 0. The third-order valence-electron chi connectivity index (χ3n) is 0.151. The van der Waals surface area contributed by atoms with Gasteiger partial charge in [0.25, 0.3) is 0 Å². The number of nitriles is 1. The van der Waals surface area contributed by atoms with Gasteiger partial charge in [-0.3, -0.25) is 6.29 Å². The van der Waals surface area contributed by atoms with E-state index >= 15 is 0 Å². The Morgan fingerprint density at radius 3 is 2.33 bits per heavy atom. The largest absolute Gasteiger partial charge is 2.00 e. The number of carbonyl (C=O) groups excluding carboxylic acids is 1. The van der Waals surface area contributed by atoms with Crippen LogP contribution in [0.2, 0.25) is 0 Å². The van der Waals surface area contributed by atoms with E-state index in [9.17, 15) is 0 Å². The molecule has 0 aromatic heterocycles. The van der Waals surface area contributed by atoms with Crippen molar-refractivity contribution in [1.29, 1.82) is 5.26 Å². The van der Waals surface area contributed by atoms with Crippen molar-refractivity contribution >= 4 is 6.29 Å². The molecule has 0 fully saturated rings. The molecule has 6 heavy (non-hydrogen) atoms. The van der Waals surface area contributed by atoms with Crippen LogP contribution in [0.1, 0.15) is 6.42 Å². The quantitative estimate of drug-likeness (QED) is 0.616. The van der Waals surface area contributed by atoms with Crippen molar-refractivity contribution in [3.05, 3.63) is 0 Å². The van der Waals surface area contributed by atoms with Gasteiger partial charge in [-0.15, -0.1) is 0 Å². The van der Waals surface area contributed by atoms with Crippen LogP contribution in [-0.2, 0) is 25.9 Å². The fraction of sp³-hybridized carbons (Fsp3) is 0.333. The zero-order valence-corrected chi connectivity index (χ0v) is 5.90. The first-order valence-corrected chi connectivity index (χ1v) is 1.13. The second-order valence-corrected chi connectivity index (χ2v) is 0.479.